The molecule has 1 aliphatic rings. The summed E-state index contributed by atoms with van der Waals surface area (Å²) < 4.78 is 0. The molecule has 0 unspecified atom stereocenters. The van der Waals surface area contributed by atoms with Crippen molar-refractivity contribution in [3.63, 3.8) is 0 Å². The van der Waals surface area contributed by atoms with Crippen molar-refractivity contribution < 1.29 is 9.59 Å². The van der Waals surface area contributed by atoms with Crippen LogP contribution >= 0.6 is 0 Å². The van der Waals surface area contributed by atoms with Crippen LogP contribution in [0.3, 0.4) is 0 Å². The first kappa shape index (κ1) is 13.0. The molecule has 0 bridgehead atoms. The second-order valence-corrected chi connectivity index (χ2v) is 4.45. The van der Waals surface area contributed by atoms with Gasteiger partial charge in [0.2, 0.25) is 0 Å². The normalized spacial score (nSPS) is 19.4. The molecule has 0 spiro atoms. The van der Waals surface area contributed by atoms with E-state index in [2.05, 4.69) is 5.32 Å². The van der Waals surface area contributed by atoms with Gasteiger partial charge in [-0.2, -0.15) is 0 Å². The molecular formula is C11H21N3O2. The van der Waals surface area contributed by atoms with E-state index >= 15 is 0 Å². The van der Waals surface area contributed by atoms with Crippen molar-refractivity contribution in [3.05, 3.63) is 0 Å². The van der Waals surface area contributed by atoms with E-state index in [-0.39, 0.29) is 11.9 Å². The van der Waals surface area contributed by atoms with Crippen molar-refractivity contribution in [2.24, 2.45) is 0 Å². The monoisotopic (exact) mass is 227 g/mol. The van der Waals surface area contributed by atoms with Crippen LogP contribution in [0.15, 0.2) is 0 Å². The highest BCUT2D eigenvalue weighted by molar-refractivity contribution is 6.06. The zero-order valence-corrected chi connectivity index (χ0v) is 10.5. The summed E-state index contributed by atoms with van der Waals surface area (Å²) in [5.74, 6) is -0.152. The van der Waals surface area contributed by atoms with Crippen molar-refractivity contribution >= 4 is 11.9 Å². The Morgan fingerprint density at radius 2 is 1.81 bits per heavy atom. The summed E-state index contributed by atoms with van der Waals surface area (Å²) in [4.78, 5) is 27.2. The summed E-state index contributed by atoms with van der Waals surface area (Å²) in [5.41, 5.74) is -0.632. The lowest BCUT2D eigenvalue weighted by atomic mass is 9.91. The lowest BCUT2D eigenvalue weighted by Gasteiger charge is -2.34. The molecule has 16 heavy (non-hydrogen) atoms. The summed E-state index contributed by atoms with van der Waals surface area (Å²) in [7, 11) is 3.91. The lowest BCUT2D eigenvalue weighted by molar-refractivity contribution is -0.127. The smallest absolute Gasteiger partial charge is 0.308 e. The molecule has 1 saturated heterocycles. The van der Waals surface area contributed by atoms with Crippen LogP contribution in [0.2, 0.25) is 0 Å². The van der Waals surface area contributed by atoms with E-state index in [1.807, 2.05) is 32.8 Å². The van der Waals surface area contributed by atoms with Crippen LogP contribution in [0.5, 0.6) is 0 Å². The number of amides is 3. The van der Waals surface area contributed by atoms with Crippen LogP contribution < -0.4 is 5.32 Å². The molecule has 0 aromatic heterocycles. The molecule has 0 radical (unpaired) electrons. The Kier molecular flexibility index (Phi) is 3.91. The van der Waals surface area contributed by atoms with Gasteiger partial charge in [-0.3, -0.25) is 10.1 Å². The number of hydrogen-bond donors (Lipinski definition) is 1. The van der Waals surface area contributed by atoms with Gasteiger partial charge in [-0.25, -0.2) is 4.79 Å². The highest BCUT2D eigenvalue weighted by atomic mass is 16.2. The Balaban J connectivity index is 2.85. The van der Waals surface area contributed by atoms with Crippen molar-refractivity contribution in [3.8, 4) is 0 Å². The van der Waals surface area contributed by atoms with E-state index in [1.54, 1.807) is 4.90 Å². The number of nitrogens with zero attached hydrogens (tertiary/aromatic N) is 2. The Hall–Kier alpha value is -1.10. The predicted molar refractivity (Wildman–Crippen MR) is 62.1 cm³/mol. The largest absolute Gasteiger partial charge is 0.325 e. The maximum absolute atomic E-state index is 11.8. The molecule has 1 heterocycles. The minimum absolute atomic E-state index is 0.152. The van der Waals surface area contributed by atoms with E-state index in [1.165, 1.54) is 0 Å². The fraction of sp³-hybridized carbons (Fsp3) is 0.818. The van der Waals surface area contributed by atoms with Gasteiger partial charge in [0.1, 0.15) is 5.54 Å². The van der Waals surface area contributed by atoms with E-state index in [0.29, 0.717) is 19.4 Å². The van der Waals surface area contributed by atoms with Crippen LogP contribution in [0.25, 0.3) is 0 Å². The summed E-state index contributed by atoms with van der Waals surface area (Å²) in [5, 5.41) is 2.41. The second kappa shape index (κ2) is 4.82. The molecule has 5 nitrogen and oxygen atoms in total. The molecular weight excluding hydrogens is 206 g/mol. The third-order valence-electron chi connectivity index (χ3n) is 3.35. The number of hydrogen-bond acceptors (Lipinski definition) is 3. The first-order chi connectivity index (χ1) is 7.47. The minimum Gasteiger partial charge on any atom is -0.308 e. The number of carbonyl (C=O) groups is 2. The van der Waals surface area contributed by atoms with Gasteiger partial charge in [-0.05, 0) is 26.9 Å². The molecule has 0 aromatic carbocycles. The van der Waals surface area contributed by atoms with Gasteiger partial charge in [0.05, 0.1) is 0 Å². The average molecular weight is 227 g/mol. The Morgan fingerprint density at radius 3 is 2.25 bits per heavy atom. The van der Waals surface area contributed by atoms with Gasteiger partial charge in [0, 0.05) is 13.1 Å². The van der Waals surface area contributed by atoms with E-state index in [9.17, 15) is 9.59 Å². The molecule has 0 atom stereocenters. The Labute approximate surface area is 96.8 Å². The fourth-order valence-electron chi connectivity index (χ4n) is 2.17. The van der Waals surface area contributed by atoms with Crippen LogP contribution in [0, 0.1) is 0 Å². The number of nitrogens with one attached hydrogen (secondary N) is 1. The molecule has 1 N–H and O–H groups in total. The van der Waals surface area contributed by atoms with E-state index in [0.717, 1.165) is 6.54 Å². The summed E-state index contributed by atoms with van der Waals surface area (Å²) in [6.45, 7) is 5.25. The predicted octanol–water partition coefficient (Wildman–Crippen LogP) is 0.659. The number of imide groups is 1. The van der Waals surface area contributed by atoms with Crippen molar-refractivity contribution in [1.29, 1.82) is 0 Å². The Morgan fingerprint density at radius 1 is 1.25 bits per heavy atom. The van der Waals surface area contributed by atoms with Crippen LogP contribution in [0.1, 0.15) is 26.7 Å². The maximum atomic E-state index is 11.8. The van der Waals surface area contributed by atoms with Crippen LogP contribution in [-0.2, 0) is 4.79 Å². The number of carbonyl (C=O) groups excluding carboxylic acids is 2. The zero-order valence-electron chi connectivity index (χ0n) is 10.5. The third-order valence-corrected chi connectivity index (χ3v) is 3.35. The van der Waals surface area contributed by atoms with Crippen molar-refractivity contribution in [2.75, 3.05) is 27.2 Å². The van der Waals surface area contributed by atoms with Crippen molar-refractivity contribution in [1.82, 2.24) is 15.1 Å². The van der Waals surface area contributed by atoms with Gasteiger partial charge >= 0.3 is 6.03 Å². The molecule has 0 aromatic rings. The molecule has 1 aliphatic heterocycles. The van der Waals surface area contributed by atoms with Gasteiger partial charge in [-0.1, -0.05) is 13.8 Å². The molecule has 1 rings (SSSR count). The van der Waals surface area contributed by atoms with Crippen molar-refractivity contribution in [2.45, 2.75) is 32.2 Å². The minimum atomic E-state index is -0.632. The second-order valence-electron chi connectivity index (χ2n) is 4.45. The van der Waals surface area contributed by atoms with Crippen LogP contribution in [0.4, 0.5) is 4.79 Å². The summed E-state index contributed by atoms with van der Waals surface area (Å²) in [6.07, 6.45) is 1.32. The highest BCUT2D eigenvalue weighted by Crippen LogP contribution is 2.28. The zero-order chi connectivity index (χ0) is 12.3. The first-order valence-corrected chi connectivity index (χ1v) is 5.75. The number of urea groups is 1. The maximum Gasteiger partial charge on any atom is 0.325 e. The number of rotatable bonds is 5. The molecule has 0 aliphatic carbocycles. The molecule has 92 valence electrons. The molecule has 3 amide bonds. The van der Waals surface area contributed by atoms with Crippen LogP contribution in [-0.4, -0.2) is 54.5 Å². The van der Waals surface area contributed by atoms with Gasteiger partial charge in [-0.15, -0.1) is 0 Å². The lowest BCUT2D eigenvalue weighted by Crippen LogP contribution is -2.50. The molecule has 0 saturated carbocycles. The van der Waals surface area contributed by atoms with E-state index in [4.69, 9.17) is 0 Å². The Bertz CT molecular complexity index is 285. The summed E-state index contributed by atoms with van der Waals surface area (Å²) in [6, 6.07) is -0.254. The SMILES string of the molecule is CCC1(CC)C(=O)NC(=O)N1CCN(C)C. The topological polar surface area (TPSA) is 52.7 Å². The summed E-state index contributed by atoms with van der Waals surface area (Å²) >= 11 is 0. The fourth-order valence-corrected chi connectivity index (χ4v) is 2.17. The number of likely N-dealkylation sites (N-methyl/N-ethyl adjacent to an activating group) is 1. The highest BCUT2D eigenvalue weighted by Gasteiger charge is 2.49. The third kappa shape index (κ3) is 2.04. The van der Waals surface area contributed by atoms with Gasteiger partial charge in [0.25, 0.3) is 5.91 Å². The van der Waals surface area contributed by atoms with E-state index < -0.39 is 5.54 Å². The molecule has 1 fully saturated rings. The average Bonchev–Trinajstić information content (AvgIpc) is 2.46. The molecule has 5 heteroatoms. The van der Waals surface area contributed by atoms with Gasteiger partial charge in [0.15, 0.2) is 0 Å². The standard InChI is InChI=1S/C11H21N3O2/c1-5-11(6-2)9(15)12-10(16)14(11)8-7-13(3)4/h5-8H2,1-4H3,(H,12,15,16). The first-order valence-electron chi connectivity index (χ1n) is 5.75. The quantitative estimate of drug-likeness (QED) is 0.702. The van der Waals surface area contributed by atoms with Gasteiger partial charge < -0.3 is 9.80 Å².